The summed E-state index contributed by atoms with van der Waals surface area (Å²) >= 11 is 0. The van der Waals surface area contributed by atoms with Crippen LogP contribution < -0.4 is 20.4 Å². The van der Waals surface area contributed by atoms with E-state index in [0.717, 1.165) is 17.7 Å². The van der Waals surface area contributed by atoms with E-state index in [1.807, 2.05) is 0 Å². The van der Waals surface area contributed by atoms with Gasteiger partial charge in [-0.25, -0.2) is 4.39 Å². The van der Waals surface area contributed by atoms with Crippen LogP contribution >= 0.6 is 0 Å². The molecule has 0 aliphatic rings. The molecule has 5 N–H and O–H groups in total. The normalized spacial score (nSPS) is 10.6. The van der Waals surface area contributed by atoms with Gasteiger partial charge in [-0.15, -0.1) is 15.2 Å². The maximum Gasteiger partial charge on any atom is 0.339 e. The third-order valence-electron chi connectivity index (χ3n) is 3.09. The number of hydrogen-bond donors (Lipinski definition) is 3. The summed E-state index contributed by atoms with van der Waals surface area (Å²) in [5.41, 5.74) is 11.0. The van der Waals surface area contributed by atoms with Gasteiger partial charge in [-0.1, -0.05) is 6.07 Å². The molecule has 0 amide bonds. The molecule has 0 spiro atoms. The quantitative estimate of drug-likeness (QED) is 0.132. The number of nitrogens with zero attached hydrogens (tertiary/aromatic N) is 3. The molecular formula is C17H20FN5O7S. The third kappa shape index (κ3) is 10.4. The summed E-state index contributed by atoms with van der Waals surface area (Å²) in [6.45, 7) is 2.03. The highest BCUT2D eigenvalue weighted by molar-refractivity contribution is 7.87. The van der Waals surface area contributed by atoms with Crippen LogP contribution in [0.15, 0.2) is 57.6 Å². The van der Waals surface area contributed by atoms with E-state index in [9.17, 15) is 12.8 Å². The molecule has 0 saturated carbocycles. The minimum Gasteiger partial charge on any atom is -0.493 e. The Kier molecular flexibility index (Phi) is 9.65. The van der Waals surface area contributed by atoms with Crippen LogP contribution in [0.3, 0.4) is 0 Å². The highest BCUT2D eigenvalue weighted by atomic mass is 32.2. The first-order chi connectivity index (χ1) is 14.5. The van der Waals surface area contributed by atoms with Gasteiger partial charge < -0.3 is 25.6 Å². The minimum atomic E-state index is -4.17. The van der Waals surface area contributed by atoms with Gasteiger partial charge in [-0.2, -0.15) is 13.5 Å². The van der Waals surface area contributed by atoms with Crippen LogP contribution in [0.2, 0.25) is 0 Å². The molecule has 0 aliphatic carbocycles. The standard InChI is InChI=1S/C17H19FN4O4S.HNO3/c1-12-8-14(25-7-3-6-21-22-17(19)20)11-15(9-12)26-27(23,24)16-5-2-4-13(18)10-16;2-1(3)4/h2,4-6,8-11H,3,7H2,1H3,(H4,19,20,22);(H,2,3,4). The van der Waals surface area contributed by atoms with Crippen LogP contribution in [-0.4, -0.2) is 37.5 Å². The van der Waals surface area contributed by atoms with Crippen LogP contribution in [0.4, 0.5) is 4.39 Å². The van der Waals surface area contributed by atoms with E-state index >= 15 is 0 Å². The molecule has 0 atom stereocenters. The molecule has 0 unspecified atom stereocenters. The lowest BCUT2D eigenvalue weighted by molar-refractivity contribution is -0.742. The van der Waals surface area contributed by atoms with E-state index in [2.05, 4.69) is 10.2 Å². The topological polar surface area (TPSA) is 193 Å². The first-order valence-corrected chi connectivity index (χ1v) is 9.78. The van der Waals surface area contributed by atoms with E-state index in [0.29, 0.717) is 12.2 Å². The number of guanidine groups is 1. The number of aryl methyl sites for hydroxylation is 1. The Hall–Kier alpha value is -3.94. The van der Waals surface area contributed by atoms with E-state index in [1.54, 1.807) is 13.0 Å². The zero-order valence-corrected chi connectivity index (χ0v) is 17.0. The highest BCUT2D eigenvalue weighted by Crippen LogP contribution is 2.26. The van der Waals surface area contributed by atoms with Crippen molar-refractivity contribution in [3.05, 3.63) is 64.0 Å². The van der Waals surface area contributed by atoms with Crippen molar-refractivity contribution < 1.29 is 32.0 Å². The largest absolute Gasteiger partial charge is 0.493 e. The van der Waals surface area contributed by atoms with E-state index in [1.165, 1.54) is 30.5 Å². The number of halogens is 1. The van der Waals surface area contributed by atoms with Crippen molar-refractivity contribution in [1.29, 1.82) is 0 Å². The van der Waals surface area contributed by atoms with Crippen LogP contribution in [0, 0.1) is 22.9 Å². The molecule has 2 aromatic rings. The number of hydrogen-bond acceptors (Lipinski definition) is 8. The molecule has 168 valence electrons. The smallest absolute Gasteiger partial charge is 0.339 e. The van der Waals surface area contributed by atoms with Crippen molar-refractivity contribution in [3.63, 3.8) is 0 Å². The van der Waals surface area contributed by atoms with Gasteiger partial charge in [0.25, 0.3) is 5.09 Å². The van der Waals surface area contributed by atoms with Crippen molar-refractivity contribution in [3.8, 4) is 11.5 Å². The molecule has 2 aromatic carbocycles. The molecule has 0 heterocycles. The van der Waals surface area contributed by atoms with Gasteiger partial charge in [0.05, 0.1) is 6.61 Å². The molecule has 0 aliphatic heterocycles. The molecule has 0 saturated heterocycles. The fraction of sp³-hybridized carbons (Fsp3) is 0.176. The Morgan fingerprint density at radius 1 is 1.26 bits per heavy atom. The van der Waals surface area contributed by atoms with E-state index < -0.39 is 21.0 Å². The predicted octanol–water partition coefficient (Wildman–Crippen LogP) is 1.58. The van der Waals surface area contributed by atoms with Gasteiger partial charge in [-0.3, -0.25) is 0 Å². The van der Waals surface area contributed by atoms with Gasteiger partial charge in [0.2, 0.25) is 5.96 Å². The number of ether oxygens (including phenoxy) is 1. The summed E-state index contributed by atoms with van der Waals surface area (Å²) in [4.78, 5) is 8.09. The Morgan fingerprint density at radius 2 is 1.90 bits per heavy atom. The van der Waals surface area contributed by atoms with Crippen molar-refractivity contribution in [2.45, 2.75) is 18.2 Å². The third-order valence-corrected chi connectivity index (χ3v) is 4.33. The van der Waals surface area contributed by atoms with Crippen molar-refractivity contribution in [2.75, 3.05) is 6.61 Å². The first kappa shape index (κ1) is 25.1. The Bertz CT molecular complexity index is 1050. The molecule has 2 rings (SSSR count). The van der Waals surface area contributed by atoms with Gasteiger partial charge in [-0.05, 0) is 42.8 Å². The van der Waals surface area contributed by atoms with Gasteiger partial charge in [0.15, 0.2) is 0 Å². The minimum absolute atomic E-state index is 0.0587. The van der Waals surface area contributed by atoms with Crippen molar-refractivity contribution >= 4 is 22.3 Å². The molecule has 31 heavy (non-hydrogen) atoms. The Balaban J connectivity index is 0.00000110. The van der Waals surface area contributed by atoms with Gasteiger partial charge in [0, 0.05) is 18.7 Å². The maximum absolute atomic E-state index is 13.3. The molecule has 14 heteroatoms. The fourth-order valence-electron chi connectivity index (χ4n) is 2.04. The summed E-state index contributed by atoms with van der Waals surface area (Å²) in [5, 5.41) is 20.7. The van der Waals surface area contributed by atoms with Gasteiger partial charge >= 0.3 is 10.1 Å². The highest BCUT2D eigenvalue weighted by Gasteiger charge is 2.18. The summed E-state index contributed by atoms with van der Waals surface area (Å²) in [7, 11) is -4.17. The Morgan fingerprint density at radius 3 is 2.52 bits per heavy atom. The second kappa shape index (κ2) is 11.9. The second-order valence-electron chi connectivity index (χ2n) is 5.67. The molecule has 0 bridgehead atoms. The number of benzene rings is 2. The zero-order valence-electron chi connectivity index (χ0n) is 16.2. The van der Waals surface area contributed by atoms with Crippen molar-refractivity contribution in [2.24, 2.45) is 21.7 Å². The van der Waals surface area contributed by atoms with Gasteiger partial charge in [0.1, 0.15) is 22.2 Å². The van der Waals surface area contributed by atoms with E-state index in [4.69, 9.17) is 35.7 Å². The SMILES string of the molecule is Cc1cc(OCCC=NN=C(N)N)cc(OS(=O)(=O)c2cccc(F)c2)c1.O=[N+]([O-])O. The van der Waals surface area contributed by atoms with E-state index in [-0.39, 0.29) is 23.2 Å². The monoisotopic (exact) mass is 457 g/mol. The zero-order chi connectivity index (χ0) is 23.4. The average molecular weight is 457 g/mol. The lowest BCUT2D eigenvalue weighted by atomic mass is 10.2. The molecule has 0 radical (unpaired) electrons. The maximum atomic E-state index is 13.3. The molecule has 0 aromatic heterocycles. The van der Waals surface area contributed by atoms with Crippen LogP contribution in [0.25, 0.3) is 0 Å². The summed E-state index contributed by atoms with van der Waals surface area (Å²) in [6.07, 6.45) is 1.91. The lowest BCUT2D eigenvalue weighted by Crippen LogP contribution is -2.21. The van der Waals surface area contributed by atoms with Crippen molar-refractivity contribution in [1.82, 2.24) is 0 Å². The van der Waals surface area contributed by atoms with Crippen LogP contribution in [0.1, 0.15) is 12.0 Å². The average Bonchev–Trinajstić information content (AvgIpc) is 2.63. The molecular weight excluding hydrogens is 437 g/mol. The number of nitrogens with two attached hydrogens (primary N) is 2. The summed E-state index contributed by atoms with van der Waals surface area (Å²) < 4.78 is 48.5. The van der Waals surface area contributed by atoms with Crippen LogP contribution in [0.5, 0.6) is 11.5 Å². The first-order valence-electron chi connectivity index (χ1n) is 8.38. The molecule has 0 fully saturated rings. The Labute approximate surface area is 176 Å². The molecule has 12 nitrogen and oxygen atoms in total. The second-order valence-corrected chi connectivity index (χ2v) is 7.22. The van der Waals surface area contributed by atoms with Crippen LogP contribution in [-0.2, 0) is 10.1 Å². The lowest BCUT2D eigenvalue weighted by Gasteiger charge is -2.11. The fourth-order valence-corrected chi connectivity index (χ4v) is 2.99. The summed E-state index contributed by atoms with van der Waals surface area (Å²) in [6, 6.07) is 9.25. The summed E-state index contributed by atoms with van der Waals surface area (Å²) in [5.74, 6) is -0.347. The number of rotatable bonds is 8. The predicted molar refractivity (Wildman–Crippen MR) is 109 cm³/mol.